The summed E-state index contributed by atoms with van der Waals surface area (Å²) in [5.41, 5.74) is -1.53. The van der Waals surface area contributed by atoms with Crippen molar-refractivity contribution in [3.63, 3.8) is 0 Å². The predicted octanol–water partition coefficient (Wildman–Crippen LogP) is 4.18. The maximum atomic E-state index is 13.0. The van der Waals surface area contributed by atoms with Crippen LogP contribution in [0.3, 0.4) is 0 Å². The van der Waals surface area contributed by atoms with Gasteiger partial charge >= 0.3 is 24.1 Å². The van der Waals surface area contributed by atoms with Gasteiger partial charge in [-0.3, -0.25) is 4.79 Å². The molecular formula is C25H18F3NO7. The second kappa shape index (κ2) is 11.2. The monoisotopic (exact) mass is 501 g/mol. The zero-order valence-electron chi connectivity index (χ0n) is 18.3. The zero-order chi connectivity index (χ0) is 26.3. The Hall–Kier alpha value is -4.67. The lowest BCUT2D eigenvalue weighted by Crippen LogP contribution is -2.48. The second-order valence-corrected chi connectivity index (χ2v) is 7.29. The van der Waals surface area contributed by atoms with Gasteiger partial charge in [-0.15, -0.1) is 0 Å². The molecule has 11 heteroatoms. The minimum Gasteiger partial charge on any atom is -0.478 e. The summed E-state index contributed by atoms with van der Waals surface area (Å²) in [5, 5.41) is 11.8. The van der Waals surface area contributed by atoms with Crippen LogP contribution in [0.15, 0.2) is 84.9 Å². The summed E-state index contributed by atoms with van der Waals surface area (Å²) in [6, 6.07) is 18.0. The highest BCUT2D eigenvalue weighted by Gasteiger charge is 2.41. The number of halogens is 3. The van der Waals surface area contributed by atoms with Crippen molar-refractivity contribution in [1.82, 2.24) is 0 Å². The van der Waals surface area contributed by atoms with E-state index in [1.54, 1.807) is 12.1 Å². The maximum absolute atomic E-state index is 13.0. The van der Waals surface area contributed by atoms with E-state index in [1.165, 1.54) is 48.5 Å². The van der Waals surface area contributed by atoms with Crippen LogP contribution >= 0.6 is 0 Å². The molecule has 0 heterocycles. The van der Waals surface area contributed by atoms with Crippen molar-refractivity contribution in [2.24, 2.45) is 0 Å². The lowest BCUT2D eigenvalue weighted by Gasteiger charge is -2.23. The number of rotatable bonds is 8. The fourth-order valence-electron chi connectivity index (χ4n) is 3.00. The molecule has 0 aliphatic rings. The molecule has 0 spiro atoms. The Morgan fingerprint density at radius 3 is 1.69 bits per heavy atom. The fourth-order valence-corrected chi connectivity index (χ4v) is 3.00. The van der Waals surface area contributed by atoms with Crippen LogP contribution in [0.4, 0.5) is 18.9 Å². The molecule has 36 heavy (non-hydrogen) atoms. The number of anilines is 1. The Morgan fingerprint density at radius 2 is 1.22 bits per heavy atom. The Kier molecular flexibility index (Phi) is 8.05. The van der Waals surface area contributed by atoms with E-state index in [9.17, 15) is 37.5 Å². The van der Waals surface area contributed by atoms with Crippen molar-refractivity contribution in [2.45, 2.75) is 18.4 Å². The van der Waals surface area contributed by atoms with Crippen LogP contribution in [-0.4, -0.2) is 41.1 Å². The third kappa shape index (κ3) is 6.69. The van der Waals surface area contributed by atoms with Gasteiger partial charge in [0.15, 0.2) is 0 Å². The van der Waals surface area contributed by atoms with Crippen LogP contribution in [-0.2, 0) is 25.2 Å². The Bertz CT molecular complexity index is 1250. The molecule has 186 valence electrons. The normalized spacial score (nSPS) is 12.6. The van der Waals surface area contributed by atoms with Gasteiger partial charge in [-0.1, -0.05) is 42.5 Å². The quantitative estimate of drug-likeness (QED) is 0.445. The molecule has 0 aliphatic heterocycles. The van der Waals surface area contributed by atoms with Crippen molar-refractivity contribution >= 4 is 29.5 Å². The lowest BCUT2D eigenvalue weighted by atomic mass is 10.1. The average molecular weight is 501 g/mol. The average Bonchev–Trinajstić information content (AvgIpc) is 2.86. The van der Waals surface area contributed by atoms with Crippen molar-refractivity contribution in [3.05, 3.63) is 102 Å². The number of aliphatic carboxylic acids is 1. The highest BCUT2D eigenvalue weighted by molar-refractivity contribution is 6.01. The lowest BCUT2D eigenvalue weighted by molar-refractivity contribution is -0.157. The van der Waals surface area contributed by atoms with Crippen molar-refractivity contribution < 1.29 is 46.9 Å². The van der Waals surface area contributed by atoms with Gasteiger partial charge in [-0.2, -0.15) is 13.2 Å². The third-order valence-corrected chi connectivity index (χ3v) is 4.72. The number of carbonyl (C=O) groups is 4. The number of hydrogen-bond acceptors (Lipinski definition) is 6. The van der Waals surface area contributed by atoms with Gasteiger partial charge in [0, 0.05) is 5.69 Å². The number of carboxylic acid groups (broad SMARTS) is 1. The molecule has 0 aliphatic carbocycles. The number of esters is 2. The minimum atomic E-state index is -4.71. The summed E-state index contributed by atoms with van der Waals surface area (Å²) in [6.45, 7) is 0. The van der Waals surface area contributed by atoms with Gasteiger partial charge in [-0.25, -0.2) is 14.4 Å². The summed E-state index contributed by atoms with van der Waals surface area (Å²) in [7, 11) is 0. The number of hydrogen-bond donors (Lipinski definition) is 2. The number of alkyl halides is 3. The van der Waals surface area contributed by atoms with Crippen LogP contribution in [0, 0.1) is 0 Å². The van der Waals surface area contributed by atoms with E-state index in [2.05, 4.69) is 5.32 Å². The smallest absolute Gasteiger partial charge is 0.416 e. The minimum absolute atomic E-state index is 0.0461. The van der Waals surface area contributed by atoms with Gasteiger partial charge in [0.2, 0.25) is 12.2 Å². The van der Waals surface area contributed by atoms with Gasteiger partial charge in [0.1, 0.15) is 0 Å². The standard InChI is InChI=1S/C25H18F3NO7/c26-25(27,28)17-12-7-13-18(14-17)29-21(30)19(35-23(33)15-8-3-1-4-9-15)20(22(31)32)36-24(34)16-10-5-2-6-11-16/h1-14,19-20H,(H,29,30)(H,31,32)/t19-,20-/m1/s1. The van der Waals surface area contributed by atoms with E-state index < -0.39 is 47.8 Å². The van der Waals surface area contributed by atoms with Crippen molar-refractivity contribution in [3.8, 4) is 0 Å². The highest BCUT2D eigenvalue weighted by atomic mass is 19.4. The van der Waals surface area contributed by atoms with Crippen LogP contribution in [0.1, 0.15) is 26.3 Å². The molecule has 0 bridgehead atoms. The van der Waals surface area contributed by atoms with Crippen LogP contribution in [0.25, 0.3) is 0 Å². The van der Waals surface area contributed by atoms with Gasteiger partial charge in [0.25, 0.3) is 5.91 Å². The summed E-state index contributed by atoms with van der Waals surface area (Å²) >= 11 is 0. The summed E-state index contributed by atoms with van der Waals surface area (Å²) in [6.07, 6.45) is -9.29. The molecule has 2 atom stereocenters. The Labute approximate surface area is 202 Å². The molecule has 3 aromatic carbocycles. The first-order valence-corrected chi connectivity index (χ1v) is 10.3. The molecule has 1 amide bonds. The summed E-state index contributed by atoms with van der Waals surface area (Å²) in [4.78, 5) is 50.0. The fraction of sp³-hybridized carbons (Fsp3) is 0.120. The van der Waals surface area contributed by atoms with Crippen molar-refractivity contribution in [1.29, 1.82) is 0 Å². The van der Waals surface area contributed by atoms with E-state index in [-0.39, 0.29) is 16.8 Å². The van der Waals surface area contributed by atoms with E-state index >= 15 is 0 Å². The number of benzene rings is 3. The number of nitrogens with one attached hydrogen (secondary N) is 1. The third-order valence-electron chi connectivity index (χ3n) is 4.72. The second-order valence-electron chi connectivity index (χ2n) is 7.29. The van der Waals surface area contributed by atoms with Gasteiger partial charge in [-0.05, 0) is 42.5 Å². The van der Waals surface area contributed by atoms with Gasteiger partial charge < -0.3 is 19.9 Å². The van der Waals surface area contributed by atoms with Crippen LogP contribution in [0.5, 0.6) is 0 Å². The molecule has 0 saturated heterocycles. The molecule has 3 aromatic rings. The maximum Gasteiger partial charge on any atom is 0.416 e. The Balaban J connectivity index is 1.92. The van der Waals surface area contributed by atoms with Gasteiger partial charge in [0.05, 0.1) is 16.7 Å². The zero-order valence-corrected chi connectivity index (χ0v) is 18.3. The summed E-state index contributed by atoms with van der Waals surface area (Å²) < 4.78 is 49.2. The molecule has 0 unspecified atom stereocenters. The molecule has 0 radical (unpaired) electrons. The molecule has 3 rings (SSSR count). The largest absolute Gasteiger partial charge is 0.478 e. The molecule has 8 nitrogen and oxygen atoms in total. The number of carboxylic acids is 1. The predicted molar refractivity (Wildman–Crippen MR) is 119 cm³/mol. The number of carbonyl (C=O) groups excluding carboxylic acids is 3. The van der Waals surface area contributed by atoms with E-state index in [4.69, 9.17) is 9.47 Å². The molecule has 0 aromatic heterocycles. The van der Waals surface area contributed by atoms with E-state index in [0.717, 1.165) is 18.2 Å². The number of amides is 1. The van der Waals surface area contributed by atoms with Crippen molar-refractivity contribution in [2.75, 3.05) is 5.32 Å². The SMILES string of the molecule is O=C(O[C@@H](C(=O)O)[C@@H](OC(=O)c1ccccc1)C(=O)Nc1cccc(C(F)(F)F)c1)c1ccccc1. The van der Waals surface area contributed by atoms with Crippen LogP contribution < -0.4 is 5.32 Å². The van der Waals surface area contributed by atoms with E-state index in [0.29, 0.717) is 6.07 Å². The Morgan fingerprint density at radius 1 is 0.722 bits per heavy atom. The van der Waals surface area contributed by atoms with E-state index in [1.807, 2.05) is 0 Å². The first-order chi connectivity index (χ1) is 17.1. The highest BCUT2D eigenvalue weighted by Crippen LogP contribution is 2.30. The molecule has 0 saturated carbocycles. The number of ether oxygens (including phenoxy) is 2. The first kappa shape index (κ1) is 25.9. The first-order valence-electron chi connectivity index (χ1n) is 10.3. The van der Waals surface area contributed by atoms with Crippen LogP contribution in [0.2, 0.25) is 0 Å². The molecular weight excluding hydrogens is 483 g/mol. The molecule has 2 N–H and O–H groups in total. The molecule has 0 fully saturated rings. The topological polar surface area (TPSA) is 119 Å². The summed E-state index contributed by atoms with van der Waals surface area (Å²) in [5.74, 6) is -5.41.